The number of rotatable bonds is 2. The quantitative estimate of drug-likeness (QED) is 0.824. The predicted molar refractivity (Wildman–Crippen MR) is 79.6 cm³/mol. The molecule has 0 N–H and O–H groups in total. The second-order valence-electron chi connectivity index (χ2n) is 6.09. The van der Waals surface area contributed by atoms with Crippen LogP contribution in [0.3, 0.4) is 0 Å². The number of carbonyl (C=O) groups is 1. The molecule has 0 spiro atoms. The highest BCUT2D eigenvalue weighted by Gasteiger charge is 2.35. The minimum atomic E-state index is -0.461. The van der Waals surface area contributed by atoms with Crippen LogP contribution in [0.4, 0.5) is 4.39 Å². The van der Waals surface area contributed by atoms with Crippen molar-refractivity contribution in [1.29, 1.82) is 0 Å². The van der Waals surface area contributed by atoms with Gasteiger partial charge in [0.2, 0.25) is 0 Å². The second-order valence-corrected chi connectivity index (χ2v) is 6.09. The van der Waals surface area contributed by atoms with Gasteiger partial charge in [0.15, 0.2) is 11.6 Å². The Balaban J connectivity index is 1.87. The maximum Gasteiger partial charge on any atom is 0.254 e. The van der Waals surface area contributed by atoms with E-state index in [0.29, 0.717) is 31.2 Å². The molecule has 3 rings (SSSR count). The van der Waals surface area contributed by atoms with E-state index in [1.165, 1.54) is 25.3 Å². The first kappa shape index (κ1) is 15.2. The topological polar surface area (TPSA) is 42.0 Å². The summed E-state index contributed by atoms with van der Waals surface area (Å²) in [6.07, 6.45) is 0. The lowest BCUT2D eigenvalue weighted by molar-refractivity contribution is 0.0483. The summed E-state index contributed by atoms with van der Waals surface area (Å²) in [6.45, 7) is 3.61. The van der Waals surface area contributed by atoms with E-state index in [1.54, 1.807) is 0 Å². The number of amides is 1. The lowest BCUT2D eigenvalue weighted by Gasteiger charge is -2.29. The molecule has 0 saturated carbocycles. The van der Waals surface area contributed by atoms with Gasteiger partial charge in [-0.25, -0.2) is 4.39 Å². The Morgan fingerprint density at radius 2 is 2.14 bits per heavy atom. The van der Waals surface area contributed by atoms with Gasteiger partial charge in [-0.3, -0.25) is 4.79 Å². The molecular weight excluding hydrogens is 287 g/mol. The molecule has 0 radical (unpaired) electrons. The zero-order valence-corrected chi connectivity index (χ0v) is 12.9. The zero-order valence-electron chi connectivity index (χ0n) is 12.9. The molecule has 2 atom stereocenters. The van der Waals surface area contributed by atoms with Crippen molar-refractivity contribution in [2.45, 2.75) is 6.04 Å². The molecule has 2 aliphatic heterocycles. The van der Waals surface area contributed by atoms with Crippen molar-refractivity contribution in [3.05, 3.63) is 29.6 Å². The van der Waals surface area contributed by atoms with Crippen molar-refractivity contribution in [3.63, 3.8) is 0 Å². The summed E-state index contributed by atoms with van der Waals surface area (Å²) in [5, 5.41) is 0. The summed E-state index contributed by atoms with van der Waals surface area (Å²) in [7, 11) is 3.47. The number of halogens is 1. The van der Waals surface area contributed by atoms with Crippen molar-refractivity contribution in [2.75, 3.05) is 47.0 Å². The molecule has 6 heteroatoms. The standard InChI is InChI=1S/C16H21FN2O3/c1-18-6-11-7-19(13(8-18)10-22-9-11)16(20)12-3-4-14(17)15(5-12)21-2/h3-5,11,13H,6-10H2,1-2H3/t11-,13-/m0/s1. The molecule has 0 aliphatic carbocycles. The number of benzene rings is 1. The van der Waals surface area contributed by atoms with E-state index >= 15 is 0 Å². The van der Waals surface area contributed by atoms with Crippen molar-refractivity contribution in [1.82, 2.24) is 9.80 Å². The highest BCUT2D eigenvalue weighted by Crippen LogP contribution is 2.24. The Labute approximate surface area is 129 Å². The molecule has 0 unspecified atom stereocenters. The molecule has 2 fully saturated rings. The molecular formula is C16H21FN2O3. The molecule has 5 nitrogen and oxygen atoms in total. The highest BCUT2D eigenvalue weighted by atomic mass is 19.1. The lowest BCUT2D eigenvalue weighted by Crippen LogP contribution is -2.45. The molecule has 2 aliphatic rings. The van der Waals surface area contributed by atoms with Crippen LogP contribution in [-0.2, 0) is 4.74 Å². The molecule has 22 heavy (non-hydrogen) atoms. The van der Waals surface area contributed by atoms with Crippen LogP contribution in [0.2, 0.25) is 0 Å². The summed E-state index contributed by atoms with van der Waals surface area (Å²) >= 11 is 0. The van der Waals surface area contributed by atoms with Crippen molar-refractivity contribution in [2.24, 2.45) is 5.92 Å². The number of nitrogens with zero attached hydrogens (tertiary/aromatic N) is 2. The molecule has 1 aromatic rings. The number of methoxy groups -OCH3 is 1. The van der Waals surface area contributed by atoms with Gasteiger partial charge in [0.1, 0.15) is 0 Å². The Morgan fingerprint density at radius 3 is 2.91 bits per heavy atom. The largest absolute Gasteiger partial charge is 0.494 e. The van der Waals surface area contributed by atoms with Gasteiger partial charge in [-0.15, -0.1) is 0 Å². The number of hydrogen-bond acceptors (Lipinski definition) is 4. The van der Waals surface area contributed by atoms with Crippen LogP contribution in [-0.4, -0.2) is 68.8 Å². The average Bonchev–Trinajstić information content (AvgIpc) is 2.77. The number of hydrogen-bond donors (Lipinski definition) is 0. The van der Waals surface area contributed by atoms with Crippen molar-refractivity contribution >= 4 is 5.91 Å². The number of likely N-dealkylation sites (N-methyl/N-ethyl adjacent to an activating group) is 1. The summed E-state index contributed by atoms with van der Waals surface area (Å²) in [4.78, 5) is 17.0. The predicted octanol–water partition coefficient (Wildman–Crippen LogP) is 1.24. The van der Waals surface area contributed by atoms with E-state index < -0.39 is 5.82 Å². The maximum atomic E-state index is 13.5. The lowest BCUT2D eigenvalue weighted by atomic mass is 10.1. The summed E-state index contributed by atoms with van der Waals surface area (Å²) in [5.74, 6) is -0.147. The van der Waals surface area contributed by atoms with E-state index in [9.17, 15) is 9.18 Å². The molecule has 1 aromatic carbocycles. The van der Waals surface area contributed by atoms with E-state index in [1.807, 2.05) is 4.90 Å². The number of carbonyl (C=O) groups excluding carboxylic acids is 1. The Hall–Kier alpha value is -1.66. The summed E-state index contributed by atoms with van der Waals surface area (Å²) in [5.41, 5.74) is 0.452. The van der Waals surface area contributed by atoms with E-state index in [0.717, 1.165) is 13.1 Å². The van der Waals surface area contributed by atoms with Gasteiger partial charge in [-0.1, -0.05) is 0 Å². The SMILES string of the molecule is COc1cc(C(=O)N2C[C@H]3COC[C@@H]2CN(C)C3)ccc1F. The molecule has 2 heterocycles. The van der Waals surface area contributed by atoms with Gasteiger partial charge < -0.3 is 19.3 Å². The first-order valence-corrected chi connectivity index (χ1v) is 7.49. The van der Waals surface area contributed by atoms with Gasteiger partial charge in [0, 0.05) is 31.1 Å². The van der Waals surface area contributed by atoms with Crippen molar-refractivity contribution in [3.8, 4) is 5.75 Å². The van der Waals surface area contributed by atoms with Gasteiger partial charge in [0.25, 0.3) is 5.91 Å². The number of ether oxygens (including phenoxy) is 2. The monoisotopic (exact) mass is 308 g/mol. The first-order valence-electron chi connectivity index (χ1n) is 7.49. The number of fused-ring (bicyclic) bond motifs is 3. The van der Waals surface area contributed by atoms with Crippen LogP contribution >= 0.6 is 0 Å². The van der Waals surface area contributed by atoms with Crippen LogP contribution in [0.25, 0.3) is 0 Å². The minimum Gasteiger partial charge on any atom is -0.494 e. The zero-order chi connectivity index (χ0) is 15.7. The Bertz CT molecular complexity index is 566. The molecule has 0 aromatic heterocycles. The molecule has 2 saturated heterocycles. The molecule has 2 bridgehead atoms. The van der Waals surface area contributed by atoms with Gasteiger partial charge >= 0.3 is 0 Å². The second kappa shape index (κ2) is 6.22. The van der Waals surface area contributed by atoms with Crippen LogP contribution < -0.4 is 4.74 Å². The summed E-state index contributed by atoms with van der Waals surface area (Å²) in [6, 6.07) is 4.29. The van der Waals surface area contributed by atoms with Gasteiger partial charge in [0.05, 0.1) is 26.4 Å². The Kier molecular flexibility index (Phi) is 4.31. The Morgan fingerprint density at radius 1 is 1.32 bits per heavy atom. The smallest absolute Gasteiger partial charge is 0.254 e. The van der Waals surface area contributed by atoms with Gasteiger partial charge in [-0.2, -0.15) is 0 Å². The van der Waals surface area contributed by atoms with Crippen LogP contribution in [0.5, 0.6) is 5.75 Å². The normalized spacial score (nSPS) is 25.7. The minimum absolute atomic E-state index is 0.0287. The van der Waals surface area contributed by atoms with Gasteiger partial charge in [-0.05, 0) is 25.2 Å². The fourth-order valence-electron chi connectivity index (χ4n) is 3.28. The maximum absolute atomic E-state index is 13.5. The van der Waals surface area contributed by atoms with Crippen LogP contribution in [0.15, 0.2) is 18.2 Å². The van der Waals surface area contributed by atoms with Crippen LogP contribution in [0.1, 0.15) is 10.4 Å². The highest BCUT2D eigenvalue weighted by molar-refractivity contribution is 5.95. The van der Waals surface area contributed by atoms with E-state index in [2.05, 4.69) is 11.9 Å². The first-order chi connectivity index (χ1) is 10.6. The fraction of sp³-hybridized carbons (Fsp3) is 0.562. The molecule has 1 amide bonds. The average molecular weight is 308 g/mol. The van der Waals surface area contributed by atoms with E-state index in [-0.39, 0.29) is 17.7 Å². The third-order valence-electron chi connectivity index (χ3n) is 4.31. The summed E-state index contributed by atoms with van der Waals surface area (Å²) < 4.78 is 24.2. The molecule has 120 valence electrons. The van der Waals surface area contributed by atoms with E-state index in [4.69, 9.17) is 9.47 Å². The van der Waals surface area contributed by atoms with Crippen molar-refractivity contribution < 1.29 is 18.7 Å². The third kappa shape index (κ3) is 2.94. The third-order valence-corrected chi connectivity index (χ3v) is 4.31. The van der Waals surface area contributed by atoms with Crippen LogP contribution in [0, 0.1) is 11.7 Å². The fourth-order valence-corrected chi connectivity index (χ4v) is 3.28.